The molecular formula is C20H23N3O. The van der Waals surface area contributed by atoms with Crippen LogP contribution in [0.3, 0.4) is 0 Å². The lowest BCUT2D eigenvalue weighted by Crippen LogP contribution is -2.42. The number of carbonyl (C=O) groups excluding carboxylic acids is 1. The van der Waals surface area contributed by atoms with Gasteiger partial charge in [0, 0.05) is 19.1 Å². The van der Waals surface area contributed by atoms with E-state index in [1.165, 1.54) is 11.1 Å². The Morgan fingerprint density at radius 3 is 2.79 bits per heavy atom. The molecule has 1 amide bonds. The number of fused-ring (bicyclic) bond motifs is 1. The van der Waals surface area contributed by atoms with Crippen molar-refractivity contribution < 1.29 is 4.79 Å². The molecule has 24 heavy (non-hydrogen) atoms. The van der Waals surface area contributed by atoms with E-state index in [9.17, 15) is 4.79 Å². The van der Waals surface area contributed by atoms with Crippen molar-refractivity contribution in [2.75, 3.05) is 13.1 Å². The number of hydrogen-bond donors (Lipinski definition) is 0. The molecule has 4 nitrogen and oxygen atoms in total. The first-order chi connectivity index (χ1) is 11.7. The fraction of sp³-hybridized carbons (Fsp3) is 0.400. The van der Waals surface area contributed by atoms with E-state index in [2.05, 4.69) is 52.9 Å². The predicted octanol–water partition coefficient (Wildman–Crippen LogP) is 3.72. The molecule has 1 fully saturated rings. The van der Waals surface area contributed by atoms with Crippen LogP contribution in [0.2, 0.25) is 0 Å². The average Bonchev–Trinajstić information content (AvgIpc) is 3.06. The summed E-state index contributed by atoms with van der Waals surface area (Å²) in [5.74, 6) is 0.206. The maximum absolute atomic E-state index is 12.8. The molecular weight excluding hydrogens is 298 g/mol. The number of amides is 1. The lowest BCUT2D eigenvalue weighted by molar-refractivity contribution is -0.134. The molecule has 0 bridgehead atoms. The number of benzene rings is 1. The first kappa shape index (κ1) is 15.2. The number of para-hydroxylation sites is 2. The summed E-state index contributed by atoms with van der Waals surface area (Å²) in [5.41, 5.74) is 3.42. The van der Waals surface area contributed by atoms with Gasteiger partial charge >= 0.3 is 0 Å². The molecule has 1 aromatic carbocycles. The van der Waals surface area contributed by atoms with Crippen LogP contribution in [-0.2, 0) is 4.79 Å². The summed E-state index contributed by atoms with van der Waals surface area (Å²) in [5, 5.41) is 0. The zero-order valence-corrected chi connectivity index (χ0v) is 14.1. The standard InChI is InChI=1S/C20H23N3O/c1-15-6-2-3-7-17(15)20(24)22-12-10-16(11-13-22)23-14-21-18-8-4-5-9-19(18)23/h3-9,14,16-17H,2,10-13H2,1H3. The van der Waals surface area contributed by atoms with E-state index in [0.717, 1.165) is 37.9 Å². The number of likely N-dealkylation sites (tertiary alicyclic amines) is 1. The monoisotopic (exact) mass is 321 g/mol. The molecule has 0 saturated carbocycles. The van der Waals surface area contributed by atoms with Gasteiger partial charge in [0.15, 0.2) is 0 Å². The zero-order valence-electron chi connectivity index (χ0n) is 14.1. The number of imidazole rings is 1. The van der Waals surface area contributed by atoms with Crippen LogP contribution in [-0.4, -0.2) is 33.4 Å². The number of rotatable bonds is 2. The van der Waals surface area contributed by atoms with E-state index < -0.39 is 0 Å². The van der Waals surface area contributed by atoms with Crippen LogP contribution in [0, 0.1) is 5.92 Å². The second-order valence-corrected chi connectivity index (χ2v) is 6.79. The first-order valence-electron chi connectivity index (χ1n) is 8.78. The second kappa shape index (κ2) is 6.27. The Labute approximate surface area is 142 Å². The van der Waals surface area contributed by atoms with Crippen molar-refractivity contribution in [2.24, 2.45) is 5.92 Å². The highest BCUT2D eigenvalue weighted by molar-refractivity contribution is 5.84. The SMILES string of the molecule is CC1=CCC=CC1C(=O)N1CCC(n2cnc3ccccc32)CC1. The van der Waals surface area contributed by atoms with Gasteiger partial charge in [0.25, 0.3) is 0 Å². The summed E-state index contributed by atoms with van der Waals surface area (Å²) in [6.07, 6.45) is 11.2. The van der Waals surface area contributed by atoms with Gasteiger partial charge in [-0.1, -0.05) is 35.9 Å². The Kier molecular flexibility index (Phi) is 3.97. The van der Waals surface area contributed by atoms with Gasteiger partial charge < -0.3 is 9.47 Å². The summed E-state index contributed by atoms with van der Waals surface area (Å²) in [4.78, 5) is 19.3. The third-order valence-electron chi connectivity index (χ3n) is 5.31. The van der Waals surface area contributed by atoms with Crippen molar-refractivity contribution in [3.05, 3.63) is 54.4 Å². The minimum Gasteiger partial charge on any atom is -0.342 e. The van der Waals surface area contributed by atoms with Crippen LogP contribution in [0.15, 0.2) is 54.4 Å². The highest BCUT2D eigenvalue weighted by Crippen LogP contribution is 2.29. The van der Waals surface area contributed by atoms with Crippen molar-refractivity contribution in [3.8, 4) is 0 Å². The summed E-state index contributed by atoms with van der Waals surface area (Å²) in [6, 6.07) is 8.69. The number of hydrogen-bond acceptors (Lipinski definition) is 2. The summed E-state index contributed by atoms with van der Waals surface area (Å²) in [6.45, 7) is 3.72. The van der Waals surface area contributed by atoms with Gasteiger partial charge in [-0.3, -0.25) is 4.79 Å². The van der Waals surface area contributed by atoms with Crippen LogP contribution in [0.1, 0.15) is 32.2 Å². The predicted molar refractivity (Wildman–Crippen MR) is 95.6 cm³/mol. The van der Waals surface area contributed by atoms with Gasteiger partial charge in [-0.2, -0.15) is 0 Å². The Bertz CT molecular complexity index is 809. The number of aromatic nitrogens is 2. The molecule has 1 atom stereocenters. The van der Waals surface area contributed by atoms with Crippen molar-refractivity contribution in [1.82, 2.24) is 14.5 Å². The van der Waals surface area contributed by atoms with Crippen LogP contribution in [0.5, 0.6) is 0 Å². The fourth-order valence-electron chi connectivity index (χ4n) is 3.85. The molecule has 2 aliphatic rings. The smallest absolute Gasteiger partial charge is 0.233 e. The molecule has 0 radical (unpaired) electrons. The lowest BCUT2D eigenvalue weighted by atomic mass is 9.92. The Morgan fingerprint density at radius 1 is 1.21 bits per heavy atom. The molecule has 0 spiro atoms. The first-order valence-corrected chi connectivity index (χ1v) is 8.78. The summed E-state index contributed by atoms with van der Waals surface area (Å²) in [7, 11) is 0. The van der Waals surface area contributed by atoms with Crippen molar-refractivity contribution >= 4 is 16.9 Å². The largest absolute Gasteiger partial charge is 0.342 e. The Balaban J connectivity index is 1.45. The van der Waals surface area contributed by atoms with Gasteiger partial charge in [-0.15, -0.1) is 0 Å². The van der Waals surface area contributed by atoms with Gasteiger partial charge in [0.05, 0.1) is 23.3 Å². The van der Waals surface area contributed by atoms with Crippen molar-refractivity contribution in [2.45, 2.75) is 32.2 Å². The van der Waals surface area contributed by atoms with E-state index >= 15 is 0 Å². The molecule has 0 N–H and O–H groups in total. The van der Waals surface area contributed by atoms with Crippen molar-refractivity contribution in [3.63, 3.8) is 0 Å². The zero-order chi connectivity index (χ0) is 16.5. The van der Waals surface area contributed by atoms with Crippen LogP contribution in [0.25, 0.3) is 11.0 Å². The molecule has 2 aromatic rings. The fourth-order valence-corrected chi connectivity index (χ4v) is 3.85. The topological polar surface area (TPSA) is 38.1 Å². The van der Waals surface area contributed by atoms with E-state index in [1.807, 2.05) is 17.3 Å². The molecule has 1 aliphatic heterocycles. The quantitative estimate of drug-likeness (QED) is 0.791. The van der Waals surface area contributed by atoms with Crippen molar-refractivity contribution in [1.29, 1.82) is 0 Å². The minimum atomic E-state index is -0.0515. The molecule has 1 aliphatic carbocycles. The maximum Gasteiger partial charge on any atom is 0.233 e. The highest BCUT2D eigenvalue weighted by atomic mass is 16.2. The van der Waals surface area contributed by atoms with E-state index in [4.69, 9.17) is 0 Å². The third kappa shape index (κ3) is 2.66. The highest BCUT2D eigenvalue weighted by Gasteiger charge is 2.29. The van der Waals surface area contributed by atoms with Gasteiger partial charge in [0.2, 0.25) is 5.91 Å². The van der Waals surface area contributed by atoms with Crippen LogP contribution in [0.4, 0.5) is 0 Å². The van der Waals surface area contributed by atoms with Gasteiger partial charge in [0.1, 0.15) is 0 Å². The summed E-state index contributed by atoms with van der Waals surface area (Å²) >= 11 is 0. The normalized spacial score (nSPS) is 22.0. The van der Waals surface area contributed by atoms with E-state index in [0.29, 0.717) is 6.04 Å². The van der Waals surface area contributed by atoms with E-state index in [-0.39, 0.29) is 11.8 Å². The molecule has 124 valence electrons. The molecule has 1 saturated heterocycles. The number of piperidine rings is 1. The van der Waals surface area contributed by atoms with E-state index in [1.54, 1.807) is 0 Å². The molecule has 4 rings (SSSR count). The Hall–Kier alpha value is -2.36. The molecule has 2 heterocycles. The van der Waals surface area contributed by atoms with Gasteiger partial charge in [-0.05, 0) is 38.3 Å². The van der Waals surface area contributed by atoms with Crippen LogP contribution < -0.4 is 0 Å². The lowest BCUT2D eigenvalue weighted by Gasteiger charge is -2.35. The maximum atomic E-state index is 12.8. The summed E-state index contributed by atoms with van der Waals surface area (Å²) < 4.78 is 2.28. The Morgan fingerprint density at radius 2 is 2.00 bits per heavy atom. The van der Waals surface area contributed by atoms with Gasteiger partial charge in [-0.25, -0.2) is 4.98 Å². The third-order valence-corrected chi connectivity index (χ3v) is 5.31. The second-order valence-electron chi connectivity index (χ2n) is 6.79. The molecule has 1 unspecified atom stereocenters. The number of nitrogens with zero attached hydrogens (tertiary/aromatic N) is 3. The number of carbonyl (C=O) groups is 1. The average molecular weight is 321 g/mol. The number of allylic oxidation sites excluding steroid dienone is 2. The van der Waals surface area contributed by atoms with Crippen LogP contribution >= 0.6 is 0 Å². The molecule has 1 aromatic heterocycles. The minimum absolute atomic E-state index is 0.0515. The molecule has 4 heteroatoms.